The van der Waals surface area contributed by atoms with E-state index in [1.54, 1.807) is 7.11 Å². The van der Waals surface area contributed by atoms with Gasteiger partial charge >= 0.3 is 5.97 Å². The number of methoxy groups -OCH3 is 1. The molecule has 5 nitrogen and oxygen atoms in total. The molecule has 1 aliphatic rings. The molecule has 15 heavy (non-hydrogen) atoms. The molecule has 0 aromatic rings. The van der Waals surface area contributed by atoms with Gasteiger partial charge in [0, 0.05) is 13.7 Å². The highest BCUT2D eigenvalue weighted by Gasteiger charge is 2.48. The molecule has 0 saturated heterocycles. The first-order valence-electron chi connectivity index (χ1n) is 4.93. The normalized spacial score (nSPS) is 24.7. The molecule has 0 heterocycles. The predicted molar refractivity (Wildman–Crippen MR) is 53.3 cm³/mol. The minimum absolute atomic E-state index is 0.187. The Hall–Kier alpha value is -1.10. The number of carbonyl (C=O) groups excluding carboxylic acids is 1. The van der Waals surface area contributed by atoms with E-state index in [-0.39, 0.29) is 11.8 Å². The van der Waals surface area contributed by atoms with Crippen LogP contribution in [0, 0.1) is 11.8 Å². The van der Waals surface area contributed by atoms with Crippen LogP contribution in [0.15, 0.2) is 0 Å². The maximum atomic E-state index is 11.5. The van der Waals surface area contributed by atoms with Gasteiger partial charge in [-0.05, 0) is 20.3 Å². The van der Waals surface area contributed by atoms with E-state index in [1.165, 1.54) is 0 Å². The Kier molecular flexibility index (Phi) is 3.34. The van der Waals surface area contributed by atoms with Crippen LogP contribution in [0.3, 0.4) is 0 Å². The van der Waals surface area contributed by atoms with Crippen LogP contribution in [-0.2, 0) is 14.3 Å². The summed E-state index contributed by atoms with van der Waals surface area (Å²) in [5, 5.41) is 11.3. The fraction of sp³-hybridized carbons (Fsp3) is 0.800. The van der Waals surface area contributed by atoms with Crippen molar-refractivity contribution in [3.63, 3.8) is 0 Å². The molecular weight excluding hydrogens is 198 g/mol. The number of hydrogen-bond acceptors (Lipinski definition) is 3. The number of ether oxygens (including phenoxy) is 1. The van der Waals surface area contributed by atoms with Crippen molar-refractivity contribution in [1.82, 2.24) is 5.32 Å². The monoisotopic (exact) mass is 215 g/mol. The van der Waals surface area contributed by atoms with E-state index in [4.69, 9.17) is 9.84 Å². The average Bonchev–Trinajstić information content (AvgIpc) is 2.94. The molecule has 86 valence electrons. The van der Waals surface area contributed by atoms with Gasteiger partial charge in [0.15, 0.2) is 0 Å². The molecule has 5 heteroatoms. The van der Waals surface area contributed by atoms with Gasteiger partial charge in [0.25, 0.3) is 0 Å². The largest absolute Gasteiger partial charge is 0.481 e. The van der Waals surface area contributed by atoms with Gasteiger partial charge < -0.3 is 15.2 Å². The number of rotatable bonds is 5. The fourth-order valence-electron chi connectivity index (χ4n) is 1.26. The summed E-state index contributed by atoms with van der Waals surface area (Å²) in [5.74, 6) is -1.92. The molecule has 1 aliphatic carbocycles. The van der Waals surface area contributed by atoms with Gasteiger partial charge in [-0.25, -0.2) is 0 Å². The molecule has 0 radical (unpaired) electrons. The van der Waals surface area contributed by atoms with Crippen LogP contribution in [0.1, 0.15) is 20.3 Å². The van der Waals surface area contributed by atoms with Crippen molar-refractivity contribution in [3.05, 3.63) is 0 Å². The number of hydrogen-bond donors (Lipinski definition) is 2. The number of amides is 1. The highest BCUT2D eigenvalue weighted by molar-refractivity contribution is 5.89. The van der Waals surface area contributed by atoms with Gasteiger partial charge in [-0.15, -0.1) is 0 Å². The second kappa shape index (κ2) is 4.18. The lowest BCUT2D eigenvalue weighted by atomic mass is 10.1. The minimum atomic E-state index is -0.888. The molecule has 0 aromatic heterocycles. The van der Waals surface area contributed by atoms with E-state index in [1.807, 2.05) is 13.8 Å². The van der Waals surface area contributed by atoms with Gasteiger partial charge in [0.2, 0.25) is 5.91 Å². The van der Waals surface area contributed by atoms with Crippen molar-refractivity contribution < 1.29 is 19.4 Å². The molecule has 1 fully saturated rings. The molecule has 0 aliphatic heterocycles. The summed E-state index contributed by atoms with van der Waals surface area (Å²) in [5.41, 5.74) is -0.413. The standard InChI is InChI=1S/C10H17NO4/c1-10(2,15-3)5-11-8(12)6-4-7(6)9(13)14/h6-7H,4-5H2,1-3H3,(H,11,12)(H,13,14). The first kappa shape index (κ1) is 12.0. The van der Waals surface area contributed by atoms with Crippen LogP contribution >= 0.6 is 0 Å². The van der Waals surface area contributed by atoms with E-state index in [2.05, 4.69) is 5.32 Å². The molecule has 2 N–H and O–H groups in total. The van der Waals surface area contributed by atoms with Gasteiger partial charge in [0.05, 0.1) is 17.4 Å². The van der Waals surface area contributed by atoms with Crippen molar-refractivity contribution in [2.45, 2.75) is 25.9 Å². The summed E-state index contributed by atoms with van der Waals surface area (Å²) in [7, 11) is 1.57. The van der Waals surface area contributed by atoms with Gasteiger partial charge in [-0.1, -0.05) is 0 Å². The molecule has 0 spiro atoms. The number of carbonyl (C=O) groups is 2. The van der Waals surface area contributed by atoms with Gasteiger partial charge in [-0.3, -0.25) is 9.59 Å². The van der Waals surface area contributed by atoms with Crippen molar-refractivity contribution in [2.75, 3.05) is 13.7 Å². The van der Waals surface area contributed by atoms with Crippen LogP contribution < -0.4 is 5.32 Å². The minimum Gasteiger partial charge on any atom is -0.481 e. The molecule has 0 bridgehead atoms. The molecule has 0 aromatic carbocycles. The summed E-state index contributed by atoms with van der Waals surface area (Å²) < 4.78 is 5.13. The zero-order valence-electron chi connectivity index (χ0n) is 9.24. The third-order valence-electron chi connectivity index (χ3n) is 2.69. The SMILES string of the molecule is COC(C)(C)CNC(=O)C1CC1C(=O)O. The van der Waals surface area contributed by atoms with E-state index in [0.29, 0.717) is 13.0 Å². The topological polar surface area (TPSA) is 75.6 Å². The lowest BCUT2D eigenvalue weighted by Gasteiger charge is -2.23. The quantitative estimate of drug-likeness (QED) is 0.689. The Bertz CT molecular complexity index is 275. The zero-order valence-corrected chi connectivity index (χ0v) is 9.24. The zero-order chi connectivity index (χ0) is 11.6. The van der Waals surface area contributed by atoms with Crippen molar-refractivity contribution >= 4 is 11.9 Å². The summed E-state index contributed by atoms with van der Waals surface area (Å²) in [6, 6.07) is 0. The smallest absolute Gasteiger partial charge is 0.307 e. The predicted octanol–water partition coefficient (Wildman–Crippen LogP) is 0.248. The summed E-state index contributed by atoms with van der Waals surface area (Å²) in [4.78, 5) is 22.0. The highest BCUT2D eigenvalue weighted by atomic mass is 16.5. The second-order valence-electron chi connectivity index (χ2n) is 4.47. The molecule has 2 atom stereocenters. The lowest BCUT2D eigenvalue weighted by molar-refractivity contribution is -0.140. The van der Waals surface area contributed by atoms with Crippen molar-refractivity contribution in [3.8, 4) is 0 Å². The summed E-state index contributed by atoms with van der Waals surface area (Å²) >= 11 is 0. The Morgan fingerprint density at radius 1 is 1.47 bits per heavy atom. The van der Waals surface area contributed by atoms with Gasteiger partial charge in [-0.2, -0.15) is 0 Å². The third-order valence-corrected chi connectivity index (χ3v) is 2.69. The van der Waals surface area contributed by atoms with E-state index < -0.39 is 17.5 Å². The maximum Gasteiger partial charge on any atom is 0.307 e. The van der Waals surface area contributed by atoms with Crippen LogP contribution in [0.2, 0.25) is 0 Å². The molecular formula is C10H17NO4. The van der Waals surface area contributed by atoms with Crippen molar-refractivity contribution in [2.24, 2.45) is 11.8 Å². The van der Waals surface area contributed by atoms with Crippen LogP contribution in [0.4, 0.5) is 0 Å². The fourth-order valence-corrected chi connectivity index (χ4v) is 1.26. The first-order chi connectivity index (χ1) is 6.87. The Balaban J connectivity index is 2.30. The van der Waals surface area contributed by atoms with Crippen LogP contribution in [-0.4, -0.2) is 36.2 Å². The molecule has 1 rings (SSSR count). The lowest BCUT2D eigenvalue weighted by Crippen LogP contribution is -2.40. The summed E-state index contributed by atoms with van der Waals surface area (Å²) in [6.07, 6.45) is 0.453. The first-order valence-corrected chi connectivity index (χ1v) is 4.93. The van der Waals surface area contributed by atoms with Crippen LogP contribution in [0.5, 0.6) is 0 Å². The van der Waals surface area contributed by atoms with E-state index in [9.17, 15) is 9.59 Å². The Morgan fingerprint density at radius 2 is 2.07 bits per heavy atom. The molecule has 2 unspecified atom stereocenters. The number of aliphatic carboxylic acids is 1. The second-order valence-corrected chi connectivity index (χ2v) is 4.47. The molecule has 1 amide bonds. The number of carboxylic acid groups (broad SMARTS) is 1. The van der Waals surface area contributed by atoms with E-state index in [0.717, 1.165) is 0 Å². The van der Waals surface area contributed by atoms with Crippen LogP contribution in [0.25, 0.3) is 0 Å². The Morgan fingerprint density at radius 3 is 2.47 bits per heavy atom. The average molecular weight is 215 g/mol. The van der Waals surface area contributed by atoms with E-state index >= 15 is 0 Å². The maximum absolute atomic E-state index is 11.5. The summed E-state index contributed by atoms with van der Waals surface area (Å²) in [6.45, 7) is 4.11. The Labute approximate surface area is 88.8 Å². The van der Waals surface area contributed by atoms with Crippen molar-refractivity contribution in [1.29, 1.82) is 0 Å². The number of carboxylic acids is 1. The third kappa shape index (κ3) is 3.20. The molecule has 1 saturated carbocycles. The number of nitrogens with one attached hydrogen (secondary N) is 1. The van der Waals surface area contributed by atoms with Gasteiger partial charge in [0.1, 0.15) is 0 Å². The highest BCUT2D eigenvalue weighted by Crippen LogP contribution is 2.38.